The molecule has 5 rings (SSSR count). The summed E-state index contributed by atoms with van der Waals surface area (Å²) in [5.74, 6) is -0.170. The lowest BCUT2D eigenvalue weighted by atomic mass is 9.71. The minimum absolute atomic E-state index is 0.124. The third-order valence-corrected chi connectivity index (χ3v) is 8.74. The molecule has 2 aliphatic carbocycles. The quantitative estimate of drug-likeness (QED) is 0.193. The van der Waals surface area contributed by atoms with E-state index in [0.29, 0.717) is 29.0 Å². The molecule has 0 aromatic heterocycles. The predicted octanol–water partition coefficient (Wildman–Crippen LogP) is 10.6. The molecule has 1 nitrogen and oxygen atoms in total. The van der Waals surface area contributed by atoms with Crippen LogP contribution in [-0.4, -0.2) is 6.61 Å². The topological polar surface area (TPSA) is 9.23 Å². The third kappa shape index (κ3) is 6.11. The second-order valence-corrected chi connectivity index (χ2v) is 11.1. The average Bonchev–Trinajstić information content (AvgIpc) is 3.00. The average molecular weight is 543 g/mol. The smallest absolute Gasteiger partial charge is 0.201 e. The lowest BCUT2D eigenvalue weighted by molar-refractivity contribution is 0.212. The van der Waals surface area contributed by atoms with Gasteiger partial charge in [0.1, 0.15) is 5.82 Å². The molecule has 1 atom stereocenters. The number of halogens is 3. The van der Waals surface area contributed by atoms with E-state index in [-0.39, 0.29) is 23.7 Å². The first-order valence-corrected chi connectivity index (χ1v) is 14.4. The Morgan fingerprint density at radius 1 is 0.750 bits per heavy atom. The van der Waals surface area contributed by atoms with Gasteiger partial charge in [0.05, 0.1) is 6.61 Å². The second-order valence-electron chi connectivity index (χ2n) is 11.1. The summed E-state index contributed by atoms with van der Waals surface area (Å²) in [5.41, 5.74) is 3.99. The van der Waals surface area contributed by atoms with Gasteiger partial charge >= 0.3 is 0 Å². The molecule has 2 aliphatic rings. The van der Waals surface area contributed by atoms with E-state index in [4.69, 9.17) is 4.74 Å². The molecule has 3 aromatic rings. The highest BCUT2D eigenvalue weighted by atomic mass is 19.2. The van der Waals surface area contributed by atoms with E-state index in [2.05, 4.69) is 25.3 Å². The van der Waals surface area contributed by atoms with Crippen LogP contribution in [0.3, 0.4) is 0 Å². The van der Waals surface area contributed by atoms with E-state index in [1.54, 1.807) is 36.4 Å². The third-order valence-electron chi connectivity index (χ3n) is 8.74. The molecule has 40 heavy (non-hydrogen) atoms. The van der Waals surface area contributed by atoms with Crippen LogP contribution < -0.4 is 4.74 Å². The highest BCUT2D eigenvalue weighted by Crippen LogP contribution is 2.42. The van der Waals surface area contributed by atoms with E-state index in [9.17, 15) is 8.78 Å². The van der Waals surface area contributed by atoms with Crippen molar-refractivity contribution in [1.82, 2.24) is 0 Å². The molecule has 0 amide bonds. The van der Waals surface area contributed by atoms with Crippen molar-refractivity contribution in [2.24, 2.45) is 17.8 Å². The van der Waals surface area contributed by atoms with Gasteiger partial charge in [-0.15, -0.1) is 13.2 Å². The van der Waals surface area contributed by atoms with Gasteiger partial charge in [0, 0.05) is 11.1 Å². The fourth-order valence-electron chi connectivity index (χ4n) is 6.29. The second kappa shape index (κ2) is 12.8. The Hall–Kier alpha value is -3.53. The van der Waals surface area contributed by atoms with Crippen LogP contribution in [0.4, 0.5) is 13.2 Å². The highest BCUT2D eigenvalue weighted by molar-refractivity contribution is 5.74. The summed E-state index contributed by atoms with van der Waals surface area (Å²) in [6.45, 7) is 7.78. The van der Waals surface area contributed by atoms with Gasteiger partial charge in [-0.05, 0) is 110 Å². The molecule has 0 N–H and O–H groups in total. The van der Waals surface area contributed by atoms with Gasteiger partial charge in [0.15, 0.2) is 11.6 Å². The van der Waals surface area contributed by atoms with E-state index < -0.39 is 11.6 Å². The van der Waals surface area contributed by atoms with Crippen molar-refractivity contribution in [3.8, 4) is 28.0 Å². The van der Waals surface area contributed by atoms with Gasteiger partial charge in [-0.1, -0.05) is 54.6 Å². The van der Waals surface area contributed by atoms with Crippen molar-refractivity contribution in [2.45, 2.75) is 51.4 Å². The van der Waals surface area contributed by atoms with Crippen LogP contribution in [0.25, 0.3) is 27.8 Å². The van der Waals surface area contributed by atoms with Crippen molar-refractivity contribution in [3.63, 3.8) is 0 Å². The Morgan fingerprint density at radius 3 is 2.05 bits per heavy atom. The fourth-order valence-corrected chi connectivity index (χ4v) is 6.29. The number of rotatable bonds is 9. The minimum atomic E-state index is -1.02. The lowest BCUT2D eigenvalue weighted by Crippen LogP contribution is -2.22. The summed E-state index contributed by atoms with van der Waals surface area (Å²) in [5, 5.41) is 0. The molecule has 1 saturated carbocycles. The first kappa shape index (κ1) is 28.0. The zero-order valence-corrected chi connectivity index (χ0v) is 23.0. The van der Waals surface area contributed by atoms with Gasteiger partial charge in [0.2, 0.25) is 5.82 Å². The Balaban J connectivity index is 1.26. The molecule has 0 aliphatic heterocycles. The van der Waals surface area contributed by atoms with E-state index in [0.717, 1.165) is 30.2 Å². The standard InChI is InChI=1S/C36H37F3O/c1-3-5-22-40-34-21-20-32(35(38)36(34)39)29-16-14-28(15-17-29)31-19-18-30(23-33(31)37)27-12-10-26(11-13-27)25-8-6-24(4-2)7-9-25/h3-4,12,14-21,23-26H,1-2,5-11,13,22H2. The van der Waals surface area contributed by atoms with Gasteiger partial charge in [-0.25, -0.2) is 8.78 Å². The summed E-state index contributed by atoms with van der Waals surface area (Å²) >= 11 is 0. The molecule has 0 radical (unpaired) electrons. The fraction of sp³-hybridized carbons (Fsp3) is 0.333. The Morgan fingerprint density at radius 2 is 1.43 bits per heavy atom. The SMILES string of the molecule is C=CCCOc1ccc(-c2ccc(-c3ccc(C4=CCC(C5CCC(C=C)CC5)CC4)cc3F)cc2)c(F)c1F. The Bertz CT molecular complexity index is 1380. The van der Waals surface area contributed by atoms with Crippen LogP contribution in [0.15, 0.2) is 86.0 Å². The van der Waals surface area contributed by atoms with Crippen molar-refractivity contribution in [1.29, 1.82) is 0 Å². The number of allylic oxidation sites excluding steroid dienone is 3. The van der Waals surface area contributed by atoms with Crippen molar-refractivity contribution < 1.29 is 17.9 Å². The lowest BCUT2D eigenvalue weighted by Gasteiger charge is -2.34. The molecule has 0 spiro atoms. The van der Waals surface area contributed by atoms with Crippen LogP contribution in [0.1, 0.15) is 56.9 Å². The molecule has 4 heteroatoms. The molecule has 0 heterocycles. The van der Waals surface area contributed by atoms with Gasteiger partial charge in [-0.2, -0.15) is 4.39 Å². The van der Waals surface area contributed by atoms with E-state index in [1.165, 1.54) is 49.8 Å². The summed E-state index contributed by atoms with van der Waals surface area (Å²) < 4.78 is 49.9. The van der Waals surface area contributed by atoms with Crippen LogP contribution >= 0.6 is 0 Å². The van der Waals surface area contributed by atoms with Gasteiger partial charge in [-0.3, -0.25) is 0 Å². The van der Waals surface area contributed by atoms with Crippen molar-refractivity contribution >= 4 is 5.57 Å². The summed E-state index contributed by atoms with van der Waals surface area (Å²) in [6.07, 6.45) is 15.0. The number of hydrogen-bond acceptors (Lipinski definition) is 1. The van der Waals surface area contributed by atoms with E-state index in [1.807, 2.05) is 12.1 Å². The molecule has 208 valence electrons. The molecule has 0 bridgehead atoms. The van der Waals surface area contributed by atoms with Crippen molar-refractivity contribution in [2.75, 3.05) is 6.61 Å². The Labute approximate surface area is 236 Å². The highest BCUT2D eigenvalue weighted by Gasteiger charge is 2.28. The minimum Gasteiger partial charge on any atom is -0.490 e. The summed E-state index contributed by atoms with van der Waals surface area (Å²) in [6, 6.07) is 15.2. The number of ether oxygens (including phenoxy) is 1. The maximum absolute atomic E-state index is 15.3. The maximum atomic E-state index is 15.3. The maximum Gasteiger partial charge on any atom is 0.201 e. The number of benzene rings is 3. The zero-order chi connectivity index (χ0) is 28.1. The van der Waals surface area contributed by atoms with Gasteiger partial charge < -0.3 is 4.74 Å². The van der Waals surface area contributed by atoms with Crippen molar-refractivity contribution in [3.05, 3.63) is 109 Å². The predicted molar refractivity (Wildman–Crippen MR) is 158 cm³/mol. The summed E-state index contributed by atoms with van der Waals surface area (Å²) in [7, 11) is 0. The largest absolute Gasteiger partial charge is 0.490 e. The first-order chi connectivity index (χ1) is 19.5. The monoisotopic (exact) mass is 542 g/mol. The number of hydrogen-bond donors (Lipinski definition) is 0. The van der Waals surface area contributed by atoms with Crippen LogP contribution in [-0.2, 0) is 0 Å². The molecule has 1 fully saturated rings. The summed E-state index contributed by atoms with van der Waals surface area (Å²) in [4.78, 5) is 0. The normalized spacial score (nSPS) is 21.0. The molecular formula is C36H37F3O. The van der Waals surface area contributed by atoms with E-state index >= 15 is 4.39 Å². The Kier molecular flexibility index (Phi) is 8.94. The molecule has 0 saturated heterocycles. The van der Waals surface area contributed by atoms with Gasteiger partial charge in [0.25, 0.3) is 0 Å². The van der Waals surface area contributed by atoms with Crippen LogP contribution in [0, 0.1) is 35.2 Å². The molecule has 1 unspecified atom stereocenters. The molecular weight excluding hydrogens is 505 g/mol. The molecule has 3 aromatic carbocycles. The first-order valence-electron chi connectivity index (χ1n) is 14.4. The zero-order valence-electron chi connectivity index (χ0n) is 23.0. The van der Waals surface area contributed by atoms with Crippen LogP contribution in [0.2, 0.25) is 0 Å². The van der Waals surface area contributed by atoms with Crippen LogP contribution in [0.5, 0.6) is 5.75 Å².